The molecule has 0 radical (unpaired) electrons. The third-order valence-corrected chi connectivity index (χ3v) is 10.0. The molecule has 13 heteroatoms. The molecule has 0 rings (SSSR count). The van der Waals surface area contributed by atoms with E-state index in [4.69, 9.17) is 14.2 Å². The standard InChI is InChI=1S/3C17H30O4.CH3.Sn/c3*1-2-3-4-5-6-7-8-9-10-11-12-15-21-17(20)14-13-16(18)19;;/h3*13-14H,2-12,15H2,1H3,(H,18,19);1H3;/q;;;;+3/p-3/b3*14-13-;;. The molecule has 0 saturated carbocycles. The molecule has 0 aromatic carbocycles. The fourth-order valence-corrected chi connectivity index (χ4v) is 6.37. The Balaban J connectivity index is -0.000000421. The van der Waals surface area contributed by atoms with E-state index >= 15 is 0 Å². The summed E-state index contributed by atoms with van der Waals surface area (Å²) in [4.78, 5) is 65.4. The molecule has 0 fully saturated rings. The Morgan fingerprint density at radius 1 is 0.292 bits per heavy atom. The molecule has 374 valence electrons. The van der Waals surface area contributed by atoms with Crippen molar-refractivity contribution >= 4 is 58.3 Å². The van der Waals surface area contributed by atoms with Crippen LogP contribution in [0.2, 0.25) is 4.94 Å². The number of ether oxygens (including phenoxy) is 3. The minimum absolute atomic E-state index is 0.354. The fourth-order valence-electron chi connectivity index (χ4n) is 6.37. The van der Waals surface area contributed by atoms with Gasteiger partial charge in [-0.25, -0.2) is 14.4 Å². The number of rotatable bonds is 42. The number of hydrogen-bond donors (Lipinski definition) is 0. The summed E-state index contributed by atoms with van der Waals surface area (Å²) in [6.07, 6.45) is 45.7. The normalized spacial score (nSPS) is 10.7. The molecule has 0 N–H and O–H groups in total. The number of aliphatic carboxylic acids is 3. The van der Waals surface area contributed by atoms with E-state index in [9.17, 15) is 44.1 Å². The molecule has 0 amide bonds. The number of carboxylic acid groups (broad SMARTS) is 3. The van der Waals surface area contributed by atoms with Gasteiger partial charge < -0.3 is 43.9 Å². The van der Waals surface area contributed by atoms with E-state index in [1.807, 2.05) is 0 Å². The number of carbonyl (C=O) groups excluding carboxylic acids is 6. The average molecular weight is 1030 g/mol. The van der Waals surface area contributed by atoms with E-state index in [0.29, 0.717) is 38.0 Å². The molecule has 0 spiro atoms. The second-order valence-electron chi connectivity index (χ2n) is 16.1. The van der Waals surface area contributed by atoms with E-state index in [1.165, 1.54) is 173 Å². The third kappa shape index (κ3) is 72.7. The third-order valence-electron chi connectivity index (χ3n) is 10.0. The van der Waals surface area contributed by atoms with Gasteiger partial charge in [0.1, 0.15) is 0 Å². The van der Waals surface area contributed by atoms with Crippen LogP contribution in [0.4, 0.5) is 0 Å². The molecule has 65 heavy (non-hydrogen) atoms. The first-order valence-electron chi connectivity index (χ1n) is 25.2. The Bertz CT molecular complexity index is 1040. The maximum atomic E-state index is 11.0. The summed E-state index contributed by atoms with van der Waals surface area (Å²) >= 11 is 1.55. The Hall–Kier alpha value is -3.16. The Kier molecular flexibility index (Phi) is 64.0. The summed E-state index contributed by atoms with van der Waals surface area (Å²) in [6, 6.07) is 0. The Morgan fingerprint density at radius 2 is 0.446 bits per heavy atom. The van der Waals surface area contributed by atoms with Crippen LogP contribution in [0.25, 0.3) is 0 Å². The predicted molar refractivity (Wildman–Crippen MR) is 256 cm³/mol. The molecule has 0 aliphatic rings. The summed E-state index contributed by atoms with van der Waals surface area (Å²) in [6.45, 7) is 7.76. The maximum absolute atomic E-state index is 11.0. The Labute approximate surface area is 408 Å². The summed E-state index contributed by atoms with van der Waals surface area (Å²) in [5.74, 6) is -6.02. The van der Waals surface area contributed by atoms with Gasteiger partial charge in [-0.15, -0.1) is 0 Å². The van der Waals surface area contributed by atoms with E-state index in [0.717, 1.165) is 56.8 Å². The molecule has 0 heterocycles. The van der Waals surface area contributed by atoms with Gasteiger partial charge in [0.25, 0.3) is 0 Å². The van der Waals surface area contributed by atoms with E-state index in [-0.39, 0.29) is 0 Å². The van der Waals surface area contributed by atoms with Gasteiger partial charge in [0.05, 0.1) is 37.7 Å². The summed E-state index contributed by atoms with van der Waals surface area (Å²) in [7, 11) is 0. The van der Waals surface area contributed by atoms with E-state index in [2.05, 4.69) is 25.7 Å². The van der Waals surface area contributed by atoms with Crippen LogP contribution < -0.4 is 15.3 Å². The van der Waals surface area contributed by atoms with Crippen molar-refractivity contribution in [2.45, 2.75) is 238 Å². The number of carbonyl (C=O) groups is 6. The molecule has 0 aliphatic carbocycles. The first-order chi connectivity index (χ1) is 31.5. The van der Waals surface area contributed by atoms with Crippen LogP contribution in [0.1, 0.15) is 233 Å². The first-order valence-corrected chi connectivity index (χ1v) is 28.0. The summed E-state index contributed by atoms with van der Waals surface area (Å²) in [5, 5.41) is 30.2. The van der Waals surface area contributed by atoms with Crippen molar-refractivity contribution in [1.82, 2.24) is 0 Å². The molecule has 12 nitrogen and oxygen atoms in total. The van der Waals surface area contributed by atoms with Crippen LogP contribution in [0.15, 0.2) is 36.5 Å². The molecule has 0 saturated heterocycles. The predicted octanol–water partition coefficient (Wildman–Crippen LogP) is 9.64. The van der Waals surface area contributed by atoms with Gasteiger partial charge in [0.2, 0.25) is 0 Å². The van der Waals surface area contributed by atoms with Crippen LogP contribution in [-0.2, 0) is 43.0 Å². The van der Waals surface area contributed by atoms with Gasteiger partial charge in [0, 0.05) is 18.2 Å². The number of unbranched alkanes of at least 4 members (excludes halogenated alkanes) is 30. The van der Waals surface area contributed by atoms with Gasteiger partial charge in [0.15, 0.2) is 0 Å². The fraction of sp³-hybridized carbons (Fsp3) is 0.769. The zero-order valence-corrected chi connectivity index (χ0v) is 44.2. The summed E-state index contributed by atoms with van der Waals surface area (Å²) in [5.41, 5.74) is 0. The molecule has 0 unspecified atom stereocenters. The average Bonchev–Trinajstić information content (AvgIpc) is 3.29. The van der Waals surface area contributed by atoms with Crippen molar-refractivity contribution in [2.24, 2.45) is 0 Å². The molecule has 0 aliphatic heterocycles. The number of hydrogen-bond acceptors (Lipinski definition) is 12. The van der Waals surface area contributed by atoms with Crippen LogP contribution >= 0.6 is 0 Å². The quantitative estimate of drug-likeness (QED) is 0.0185. The van der Waals surface area contributed by atoms with Gasteiger partial charge in [-0.3, -0.25) is 0 Å². The number of esters is 3. The molecule has 0 aromatic rings. The van der Waals surface area contributed by atoms with Gasteiger partial charge >= 0.3 is 45.4 Å². The zero-order valence-electron chi connectivity index (χ0n) is 41.3. The second kappa shape index (κ2) is 60.8. The van der Waals surface area contributed by atoms with Gasteiger partial charge in [-0.1, -0.05) is 213 Å². The first kappa shape index (κ1) is 68.4. The monoisotopic (exact) mass is 1030 g/mol. The van der Waals surface area contributed by atoms with Gasteiger partial charge in [-0.2, -0.15) is 0 Å². The van der Waals surface area contributed by atoms with Crippen molar-refractivity contribution in [2.75, 3.05) is 19.8 Å². The molecular weight excluding hydrogens is 935 g/mol. The Morgan fingerprint density at radius 3 is 0.600 bits per heavy atom. The van der Waals surface area contributed by atoms with E-state index < -0.39 is 35.8 Å². The number of carboxylic acids is 3. The van der Waals surface area contributed by atoms with Crippen molar-refractivity contribution in [3.8, 4) is 0 Å². The molecule has 0 atom stereocenters. The van der Waals surface area contributed by atoms with Crippen molar-refractivity contribution in [3.05, 3.63) is 36.5 Å². The SMILES string of the molecule is CCCCCCCCCCCCCOC(=O)/C=C\C(=O)[O-].CCCCCCCCCCCCCOC(=O)/C=C\C(=O)[O-].CCCCCCCCCCCCCOC(=O)/C=C\C(=O)[O-].[CH3][Sn+3]. The van der Waals surface area contributed by atoms with Crippen molar-refractivity contribution in [3.63, 3.8) is 0 Å². The van der Waals surface area contributed by atoms with Crippen LogP contribution in [0.3, 0.4) is 0 Å². The van der Waals surface area contributed by atoms with Crippen LogP contribution in [-0.4, -0.2) is 78.2 Å². The van der Waals surface area contributed by atoms with Crippen molar-refractivity contribution in [1.29, 1.82) is 0 Å². The zero-order chi connectivity index (χ0) is 49.3. The van der Waals surface area contributed by atoms with Crippen LogP contribution in [0, 0.1) is 0 Å². The molecule has 0 bridgehead atoms. The van der Waals surface area contributed by atoms with Crippen molar-refractivity contribution < 1.29 is 58.3 Å². The van der Waals surface area contributed by atoms with E-state index in [1.54, 1.807) is 22.5 Å². The topological polar surface area (TPSA) is 199 Å². The molecule has 0 aromatic heterocycles. The second-order valence-corrected chi connectivity index (χ2v) is 16.1. The minimum atomic E-state index is -1.39. The molecular formula is C52H90O12Sn. The summed E-state index contributed by atoms with van der Waals surface area (Å²) < 4.78 is 14.6. The van der Waals surface area contributed by atoms with Crippen LogP contribution in [0.5, 0.6) is 0 Å². The van der Waals surface area contributed by atoms with Gasteiger partial charge in [-0.05, 0) is 37.5 Å².